The first-order valence-corrected chi connectivity index (χ1v) is 9.37. The molecule has 3 rings (SSSR count). The van der Waals surface area contributed by atoms with Gasteiger partial charge in [-0.05, 0) is 30.7 Å². The number of halogens is 4. The molecule has 0 bridgehead atoms. The van der Waals surface area contributed by atoms with Gasteiger partial charge in [-0.25, -0.2) is 9.18 Å². The third kappa shape index (κ3) is 5.45. The maximum absolute atomic E-state index is 13.1. The van der Waals surface area contributed by atoms with E-state index in [4.69, 9.17) is 5.73 Å². The summed E-state index contributed by atoms with van der Waals surface area (Å²) >= 11 is 0. The van der Waals surface area contributed by atoms with Gasteiger partial charge >= 0.3 is 12.3 Å². The Kier molecular flexibility index (Phi) is 6.52. The van der Waals surface area contributed by atoms with Gasteiger partial charge in [-0.15, -0.1) is 0 Å². The fourth-order valence-corrected chi connectivity index (χ4v) is 3.29. The Morgan fingerprint density at radius 2 is 2.00 bits per heavy atom. The number of likely N-dealkylation sites (tertiary alicyclic amines) is 1. The van der Waals surface area contributed by atoms with Crippen LogP contribution < -0.4 is 11.1 Å². The quantitative estimate of drug-likeness (QED) is 0.669. The first-order valence-electron chi connectivity index (χ1n) is 9.37. The standard InChI is InChI=1S/C19H18F4N6O3/c20-12-1-3-13(4-2-12)26-17-14(16(25)30)9-29(27-17)15-5-6-28(8-11(15)7-24)18(31)32-10-19(21,22)23/h1-4,9,11,15H,5-6,8,10H2,(H2,25,30)(H,26,27)/t11-,15+/m0/s1. The molecule has 13 heteroatoms. The minimum atomic E-state index is -4.66. The van der Waals surface area contributed by atoms with Crippen molar-refractivity contribution in [3.8, 4) is 6.07 Å². The smallest absolute Gasteiger partial charge is 0.422 e. The summed E-state index contributed by atoms with van der Waals surface area (Å²) in [5.41, 5.74) is 5.88. The van der Waals surface area contributed by atoms with Crippen LogP contribution in [0.4, 0.5) is 33.9 Å². The van der Waals surface area contributed by atoms with Crippen molar-refractivity contribution in [3.63, 3.8) is 0 Å². The Balaban J connectivity index is 1.76. The Morgan fingerprint density at radius 1 is 1.31 bits per heavy atom. The molecular formula is C19H18F4N6O3. The van der Waals surface area contributed by atoms with Crippen molar-refractivity contribution in [2.24, 2.45) is 11.7 Å². The van der Waals surface area contributed by atoms with Gasteiger partial charge in [0.1, 0.15) is 11.4 Å². The zero-order valence-corrected chi connectivity index (χ0v) is 16.5. The number of primary amides is 1. The average Bonchev–Trinajstić information content (AvgIpc) is 3.16. The number of anilines is 2. The molecule has 0 radical (unpaired) electrons. The SMILES string of the molecule is N#C[C@H]1CN(C(=O)OCC(F)(F)F)CC[C@H]1n1cc(C(N)=O)c(Nc2ccc(F)cc2)n1. The van der Waals surface area contributed by atoms with Crippen LogP contribution in [0.1, 0.15) is 22.8 Å². The third-order valence-corrected chi connectivity index (χ3v) is 4.80. The summed E-state index contributed by atoms with van der Waals surface area (Å²) in [6.45, 7) is -1.88. The number of carbonyl (C=O) groups is 2. The average molecular weight is 454 g/mol. The molecule has 9 nitrogen and oxygen atoms in total. The number of benzene rings is 1. The third-order valence-electron chi connectivity index (χ3n) is 4.80. The molecule has 170 valence electrons. The number of aromatic nitrogens is 2. The van der Waals surface area contributed by atoms with Crippen molar-refractivity contribution >= 4 is 23.5 Å². The topological polar surface area (TPSA) is 126 Å². The number of hydrogen-bond donors (Lipinski definition) is 2. The summed E-state index contributed by atoms with van der Waals surface area (Å²) < 4.78 is 55.5. The molecule has 0 spiro atoms. The Labute approximate surface area is 179 Å². The van der Waals surface area contributed by atoms with E-state index < -0.39 is 42.6 Å². The molecule has 1 aliphatic rings. The number of nitrogens with one attached hydrogen (secondary N) is 1. The summed E-state index contributed by atoms with van der Waals surface area (Å²) in [6.07, 6.45) is -4.30. The van der Waals surface area contributed by atoms with Crippen LogP contribution in [0, 0.1) is 23.1 Å². The highest BCUT2D eigenvalue weighted by atomic mass is 19.4. The van der Waals surface area contributed by atoms with Crippen LogP contribution in [0.25, 0.3) is 0 Å². The molecule has 0 unspecified atom stereocenters. The predicted octanol–water partition coefficient (Wildman–Crippen LogP) is 2.95. The van der Waals surface area contributed by atoms with Gasteiger partial charge in [-0.2, -0.15) is 23.5 Å². The number of nitriles is 1. The van der Waals surface area contributed by atoms with E-state index in [1.165, 1.54) is 35.1 Å². The van der Waals surface area contributed by atoms with Crippen molar-refractivity contribution in [1.29, 1.82) is 5.26 Å². The minimum absolute atomic E-state index is 0.0199. The van der Waals surface area contributed by atoms with Crippen molar-refractivity contribution in [2.75, 3.05) is 25.0 Å². The molecule has 1 saturated heterocycles. The molecule has 1 aromatic carbocycles. The summed E-state index contributed by atoms with van der Waals surface area (Å²) in [6, 6.07) is 6.72. The number of hydrogen-bond acceptors (Lipinski definition) is 6. The van der Waals surface area contributed by atoms with Gasteiger partial charge in [0.2, 0.25) is 0 Å². The van der Waals surface area contributed by atoms with E-state index in [-0.39, 0.29) is 30.9 Å². The molecule has 0 saturated carbocycles. The molecule has 2 amide bonds. The second-order valence-electron chi connectivity index (χ2n) is 7.07. The molecular weight excluding hydrogens is 436 g/mol. The lowest BCUT2D eigenvalue weighted by atomic mass is 9.94. The number of carbonyl (C=O) groups excluding carboxylic acids is 2. The lowest BCUT2D eigenvalue weighted by Crippen LogP contribution is -2.45. The van der Waals surface area contributed by atoms with E-state index in [1.54, 1.807) is 0 Å². The highest BCUT2D eigenvalue weighted by molar-refractivity contribution is 5.98. The van der Waals surface area contributed by atoms with Crippen LogP contribution in [0.15, 0.2) is 30.5 Å². The van der Waals surface area contributed by atoms with Crippen LogP contribution in [-0.2, 0) is 4.74 Å². The second kappa shape index (κ2) is 9.13. The molecule has 0 aliphatic carbocycles. The number of nitrogens with two attached hydrogens (primary N) is 1. The first-order chi connectivity index (χ1) is 15.1. The highest BCUT2D eigenvalue weighted by Crippen LogP contribution is 2.30. The van der Waals surface area contributed by atoms with Crippen molar-refractivity contribution in [2.45, 2.75) is 18.6 Å². The van der Waals surface area contributed by atoms with E-state index in [1.807, 2.05) is 6.07 Å². The van der Waals surface area contributed by atoms with Crippen molar-refractivity contribution < 1.29 is 31.9 Å². The van der Waals surface area contributed by atoms with Gasteiger partial charge in [-0.1, -0.05) is 0 Å². The molecule has 2 atom stereocenters. The largest absolute Gasteiger partial charge is 0.440 e. The Hall–Kier alpha value is -3.82. The summed E-state index contributed by atoms with van der Waals surface area (Å²) in [4.78, 5) is 24.8. The zero-order chi connectivity index (χ0) is 23.5. The molecule has 1 fully saturated rings. The second-order valence-corrected chi connectivity index (χ2v) is 7.07. The molecule has 2 heterocycles. The van der Waals surface area contributed by atoms with E-state index >= 15 is 0 Å². The lowest BCUT2D eigenvalue weighted by molar-refractivity contribution is -0.162. The van der Waals surface area contributed by atoms with Crippen LogP contribution in [0.5, 0.6) is 0 Å². The molecule has 3 N–H and O–H groups in total. The number of alkyl halides is 3. The summed E-state index contributed by atoms with van der Waals surface area (Å²) in [5.74, 6) is -1.98. The van der Waals surface area contributed by atoms with E-state index in [9.17, 15) is 32.4 Å². The number of nitrogens with zero attached hydrogens (tertiary/aromatic N) is 4. The van der Waals surface area contributed by atoms with Crippen LogP contribution >= 0.6 is 0 Å². The number of piperidine rings is 1. The maximum atomic E-state index is 13.1. The fraction of sp³-hybridized carbons (Fsp3) is 0.368. The van der Waals surface area contributed by atoms with Gasteiger partial charge in [-0.3, -0.25) is 9.48 Å². The van der Waals surface area contributed by atoms with Crippen molar-refractivity contribution in [1.82, 2.24) is 14.7 Å². The zero-order valence-electron chi connectivity index (χ0n) is 16.5. The van der Waals surface area contributed by atoms with E-state index in [0.717, 1.165) is 4.90 Å². The predicted molar refractivity (Wildman–Crippen MR) is 102 cm³/mol. The van der Waals surface area contributed by atoms with Gasteiger partial charge < -0.3 is 20.7 Å². The van der Waals surface area contributed by atoms with Gasteiger partial charge in [0.25, 0.3) is 5.91 Å². The van der Waals surface area contributed by atoms with E-state index in [2.05, 4.69) is 15.2 Å². The van der Waals surface area contributed by atoms with Crippen LogP contribution in [0.2, 0.25) is 0 Å². The fourth-order valence-electron chi connectivity index (χ4n) is 3.29. The normalized spacial score (nSPS) is 18.7. The van der Waals surface area contributed by atoms with Crippen LogP contribution in [0.3, 0.4) is 0 Å². The molecule has 1 aromatic heterocycles. The molecule has 32 heavy (non-hydrogen) atoms. The van der Waals surface area contributed by atoms with Crippen LogP contribution in [-0.4, -0.2) is 52.6 Å². The molecule has 2 aromatic rings. The highest BCUT2D eigenvalue weighted by Gasteiger charge is 2.36. The minimum Gasteiger partial charge on any atom is -0.440 e. The number of rotatable bonds is 5. The van der Waals surface area contributed by atoms with E-state index in [0.29, 0.717) is 5.69 Å². The lowest BCUT2D eigenvalue weighted by Gasteiger charge is -2.34. The van der Waals surface area contributed by atoms with Gasteiger partial charge in [0.05, 0.1) is 18.0 Å². The number of ether oxygens (including phenoxy) is 1. The summed E-state index contributed by atoms with van der Waals surface area (Å²) in [5, 5.41) is 16.7. The monoisotopic (exact) mass is 454 g/mol. The maximum Gasteiger partial charge on any atom is 0.422 e. The Morgan fingerprint density at radius 3 is 2.59 bits per heavy atom. The molecule has 1 aliphatic heterocycles. The van der Waals surface area contributed by atoms with Crippen molar-refractivity contribution in [3.05, 3.63) is 41.8 Å². The Bertz CT molecular complexity index is 1030. The summed E-state index contributed by atoms with van der Waals surface area (Å²) in [7, 11) is 0. The van der Waals surface area contributed by atoms with Gasteiger partial charge in [0.15, 0.2) is 12.4 Å². The first kappa shape index (κ1) is 22.9. The van der Waals surface area contributed by atoms with Gasteiger partial charge in [0, 0.05) is 25.0 Å². The number of amides is 2.